The van der Waals surface area contributed by atoms with E-state index in [1.165, 1.54) is 12.1 Å². The summed E-state index contributed by atoms with van der Waals surface area (Å²) in [5.74, 6) is 0.745. The SMILES string of the molecule is COc1cccc(-c2ccc3nc([C@H]4CCCN(C(=O)c5ccccc5F)C4)nn3c2)c1. The van der Waals surface area contributed by atoms with Crippen molar-refractivity contribution >= 4 is 11.6 Å². The molecule has 6 nitrogen and oxygen atoms in total. The average molecular weight is 430 g/mol. The molecular weight excluding hydrogens is 407 g/mol. The number of rotatable bonds is 4. The normalized spacial score (nSPS) is 16.3. The minimum Gasteiger partial charge on any atom is -0.497 e. The van der Waals surface area contributed by atoms with Crippen molar-refractivity contribution in [3.05, 3.63) is 84.1 Å². The molecule has 4 aromatic rings. The van der Waals surface area contributed by atoms with Gasteiger partial charge in [0.15, 0.2) is 11.5 Å². The molecule has 0 bridgehead atoms. The van der Waals surface area contributed by atoms with Gasteiger partial charge in [0.05, 0.1) is 12.7 Å². The standard InChI is InChI=1S/C25H23FN4O2/c1-32-20-8-4-6-17(14-20)18-11-12-23-27-24(28-30(23)16-18)19-7-5-13-29(15-19)25(31)21-9-2-3-10-22(21)26/h2-4,6,8-12,14,16,19H,5,7,13,15H2,1H3/t19-/m0/s1. The summed E-state index contributed by atoms with van der Waals surface area (Å²) in [5.41, 5.74) is 2.90. The van der Waals surface area contributed by atoms with Crippen LogP contribution in [0.1, 0.15) is 34.9 Å². The van der Waals surface area contributed by atoms with Crippen LogP contribution in [0.15, 0.2) is 66.9 Å². The van der Waals surface area contributed by atoms with Crippen LogP contribution >= 0.6 is 0 Å². The third kappa shape index (κ3) is 3.82. The molecule has 5 rings (SSSR count). The Labute approximate surface area is 185 Å². The van der Waals surface area contributed by atoms with Gasteiger partial charge in [-0.25, -0.2) is 13.9 Å². The van der Waals surface area contributed by atoms with E-state index < -0.39 is 5.82 Å². The molecule has 0 spiro atoms. The van der Waals surface area contributed by atoms with E-state index in [9.17, 15) is 9.18 Å². The van der Waals surface area contributed by atoms with E-state index in [0.717, 1.165) is 35.4 Å². The maximum atomic E-state index is 14.1. The molecule has 0 radical (unpaired) electrons. The molecule has 1 aliphatic rings. The van der Waals surface area contributed by atoms with Gasteiger partial charge in [-0.05, 0) is 54.8 Å². The fourth-order valence-electron chi connectivity index (χ4n) is 4.22. The second kappa shape index (κ2) is 8.42. The predicted molar refractivity (Wildman–Crippen MR) is 119 cm³/mol. The zero-order chi connectivity index (χ0) is 22.1. The number of fused-ring (bicyclic) bond motifs is 1. The molecule has 2 aromatic heterocycles. The molecule has 0 unspecified atom stereocenters. The van der Waals surface area contributed by atoms with E-state index in [2.05, 4.69) is 0 Å². The molecule has 0 saturated carbocycles. The lowest BCUT2D eigenvalue weighted by Gasteiger charge is -2.31. The fourth-order valence-corrected chi connectivity index (χ4v) is 4.22. The minimum atomic E-state index is -0.490. The number of ether oxygens (including phenoxy) is 1. The van der Waals surface area contributed by atoms with Gasteiger partial charge in [-0.1, -0.05) is 24.3 Å². The highest BCUT2D eigenvalue weighted by Crippen LogP contribution is 2.28. The Morgan fingerprint density at radius 2 is 1.97 bits per heavy atom. The number of methoxy groups -OCH3 is 1. The quantitative estimate of drug-likeness (QED) is 0.476. The number of halogens is 1. The minimum absolute atomic E-state index is 0.0136. The molecule has 7 heteroatoms. The second-order valence-corrected chi connectivity index (χ2v) is 7.99. The number of piperidine rings is 1. The number of carbonyl (C=O) groups excluding carboxylic acids is 1. The van der Waals surface area contributed by atoms with Gasteiger partial charge in [-0.15, -0.1) is 0 Å². The Kier molecular flexibility index (Phi) is 5.31. The Morgan fingerprint density at radius 1 is 1.09 bits per heavy atom. The Balaban J connectivity index is 1.39. The van der Waals surface area contributed by atoms with Crippen LogP contribution in [-0.4, -0.2) is 45.6 Å². The monoisotopic (exact) mass is 430 g/mol. The first-order chi connectivity index (χ1) is 15.6. The smallest absolute Gasteiger partial charge is 0.256 e. The zero-order valence-corrected chi connectivity index (χ0v) is 17.7. The van der Waals surface area contributed by atoms with Crippen LogP contribution in [0.5, 0.6) is 5.75 Å². The molecule has 0 aliphatic carbocycles. The van der Waals surface area contributed by atoms with E-state index in [0.29, 0.717) is 18.9 Å². The molecule has 1 fully saturated rings. The van der Waals surface area contributed by atoms with Crippen molar-refractivity contribution in [1.82, 2.24) is 19.5 Å². The van der Waals surface area contributed by atoms with Crippen LogP contribution in [0.2, 0.25) is 0 Å². The lowest BCUT2D eigenvalue weighted by Crippen LogP contribution is -2.39. The number of carbonyl (C=O) groups is 1. The number of aromatic nitrogens is 3. The van der Waals surface area contributed by atoms with E-state index in [4.69, 9.17) is 14.8 Å². The highest BCUT2D eigenvalue weighted by Gasteiger charge is 2.29. The molecule has 162 valence electrons. The number of hydrogen-bond acceptors (Lipinski definition) is 4. The Bertz CT molecular complexity index is 1290. The summed E-state index contributed by atoms with van der Waals surface area (Å²) in [4.78, 5) is 19.3. The molecule has 3 heterocycles. The molecule has 1 aliphatic heterocycles. The highest BCUT2D eigenvalue weighted by molar-refractivity contribution is 5.94. The van der Waals surface area contributed by atoms with Crippen LogP contribution < -0.4 is 4.74 Å². The molecule has 0 N–H and O–H groups in total. The Hall–Kier alpha value is -3.74. The van der Waals surface area contributed by atoms with Crippen molar-refractivity contribution in [3.8, 4) is 16.9 Å². The van der Waals surface area contributed by atoms with Crippen molar-refractivity contribution in [1.29, 1.82) is 0 Å². The van der Waals surface area contributed by atoms with E-state index >= 15 is 0 Å². The molecule has 1 atom stereocenters. The van der Waals surface area contributed by atoms with Gasteiger partial charge in [0, 0.05) is 30.8 Å². The van der Waals surface area contributed by atoms with E-state index in [1.54, 1.807) is 28.7 Å². The van der Waals surface area contributed by atoms with Crippen molar-refractivity contribution in [2.24, 2.45) is 0 Å². The molecule has 2 aromatic carbocycles. The summed E-state index contributed by atoms with van der Waals surface area (Å²) in [7, 11) is 1.65. The lowest BCUT2D eigenvalue weighted by atomic mass is 9.96. The van der Waals surface area contributed by atoms with Crippen LogP contribution in [0.25, 0.3) is 16.8 Å². The fraction of sp³-hybridized carbons (Fsp3) is 0.240. The van der Waals surface area contributed by atoms with Crippen molar-refractivity contribution in [3.63, 3.8) is 0 Å². The maximum absolute atomic E-state index is 14.1. The van der Waals surface area contributed by atoms with Gasteiger partial charge in [-0.3, -0.25) is 4.79 Å². The summed E-state index contributed by atoms with van der Waals surface area (Å²) in [5, 5.41) is 4.71. The van der Waals surface area contributed by atoms with Gasteiger partial charge < -0.3 is 9.64 Å². The topological polar surface area (TPSA) is 59.7 Å². The number of pyridine rings is 1. The first kappa shape index (κ1) is 20.2. The number of likely N-dealkylation sites (tertiary alicyclic amines) is 1. The van der Waals surface area contributed by atoms with Crippen molar-refractivity contribution in [2.45, 2.75) is 18.8 Å². The second-order valence-electron chi connectivity index (χ2n) is 7.99. The number of nitrogens with zero attached hydrogens (tertiary/aromatic N) is 4. The number of benzene rings is 2. The predicted octanol–water partition coefficient (Wildman–Crippen LogP) is 4.56. The summed E-state index contributed by atoms with van der Waals surface area (Å²) in [6.45, 7) is 1.09. The van der Waals surface area contributed by atoms with Gasteiger partial charge in [-0.2, -0.15) is 5.10 Å². The maximum Gasteiger partial charge on any atom is 0.256 e. The van der Waals surface area contributed by atoms with E-state index in [-0.39, 0.29) is 17.4 Å². The van der Waals surface area contributed by atoms with Gasteiger partial charge in [0.1, 0.15) is 11.6 Å². The summed E-state index contributed by atoms with van der Waals surface area (Å²) in [6.07, 6.45) is 3.67. The largest absolute Gasteiger partial charge is 0.497 e. The molecule has 32 heavy (non-hydrogen) atoms. The lowest BCUT2D eigenvalue weighted by molar-refractivity contribution is 0.0700. The van der Waals surface area contributed by atoms with Crippen molar-refractivity contribution < 1.29 is 13.9 Å². The number of amides is 1. The first-order valence-corrected chi connectivity index (χ1v) is 10.7. The zero-order valence-electron chi connectivity index (χ0n) is 17.7. The highest BCUT2D eigenvalue weighted by atomic mass is 19.1. The van der Waals surface area contributed by atoms with Gasteiger partial charge in [0.2, 0.25) is 0 Å². The first-order valence-electron chi connectivity index (χ1n) is 10.7. The van der Waals surface area contributed by atoms with Crippen molar-refractivity contribution in [2.75, 3.05) is 20.2 Å². The summed E-state index contributed by atoms with van der Waals surface area (Å²) >= 11 is 0. The third-order valence-corrected chi connectivity index (χ3v) is 5.93. The van der Waals surface area contributed by atoms with Crippen LogP contribution in [-0.2, 0) is 0 Å². The van der Waals surface area contributed by atoms with Crippen LogP contribution in [0.3, 0.4) is 0 Å². The Morgan fingerprint density at radius 3 is 2.81 bits per heavy atom. The van der Waals surface area contributed by atoms with Gasteiger partial charge >= 0.3 is 0 Å². The van der Waals surface area contributed by atoms with Crippen LogP contribution in [0.4, 0.5) is 4.39 Å². The molecule has 1 saturated heterocycles. The molecular formula is C25H23FN4O2. The molecule has 1 amide bonds. The van der Waals surface area contributed by atoms with E-state index in [1.807, 2.05) is 42.6 Å². The van der Waals surface area contributed by atoms with Crippen LogP contribution in [0, 0.1) is 5.82 Å². The number of hydrogen-bond donors (Lipinski definition) is 0. The summed E-state index contributed by atoms with van der Waals surface area (Å²) < 4.78 is 21.2. The summed E-state index contributed by atoms with van der Waals surface area (Å²) in [6, 6.07) is 17.9. The van der Waals surface area contributed by atoms with Gasteiger partial charge in [0.25, 0.3) is 5.91 Å². The average Bonchev–Trinajstić information content (AvgIpc) is 3.28. The third-order valence-electron chi connectivity index (χ3n) is 5.93.